The number of unbranched alkanes of at least 4 members (excludes halogenated alkanes) is 3. The first-order chi connectivity index (χ1) is 7.22. The van der Waals surface area contributed by atoms with E-state index in [1.54, 1.807) is 0 Å². The molecule has 0 saturated carbocycles. The maximum atomic E-state index is 11.6. The summed E-state index contributed by atoms with van der Waals surface area (Å²) in [5.74, 6) is 0.246. The molecule has 0 aliphatic carbocycles. The number of rotatable bonds is 9. The van der Waals surface area contributed by atoms with Gasteiger partial charge in [-0.1, -0.05) is 12.5 Å². The van der Waals surface area contributed by atoms with Crippen LogP contribution in [0.25, 0.3) is 0 Å². The third kappa shape index (κ3) is 8.18. The summed E-state index contributed by atoms with van der Waals surface area (Å²) in [6.45, 7) is 5.22. The zero-order valence-electron chi connectivity index (χ0n) is 9.87. The van der Waals surface area contributed by atoms with E-state index in [4.69, 9.17) is 5.73 Å². The molecule has 0 aliphatic heterocycles. The number of carbonyl (C=O) groups excluding carboxylic acids is 1. The second kappa shape index (κ2) is 9.71. The van der Waals surface area contributed by atoms with Crippen LogP contribution in [0.15, 0.2) is 12.7 Å². The van der Waals surface area contributed by atoms with E-state index >= 15 is 0 Å². The monoisotopic (exact) mass is 212 g/mol. The van der Waals surface area contributed by atoms with Crippen molar-refractivity contribution in [3.05, 3.63) is 12.7 Å². The molecule has 2 N–H and O–H groups in total. The van der Waals surface area contributed by atoms with Gasteiger partial charge in [0.05, 0.1) is 0 Å². The Morgan fingerprint density at radius 2 is 2.07 bits per heavy atom. The molecule has 0 fully saturated rings. The SMILES string of the molecule is C=CCCCN(C)C(=O)CCCCCN. The predicted octanol–water partition coefficient (Wildman–Crippen LogP) is 1.93. The number of allylic oxidation sites excluding steroid dienone is 1. The molecule has 0 aromatic rings. The van der Waals surface area contributed by atoms with Crippen molar-refractivity contribution in [3.8, 4) is 0 Å². The zero-order chi connectivity index (χ0) is 11.5. The summed E-state index contributed by atoms with van der Waals surface area (Å²) in [7, 11) is 1.87. The average Bonchev–Trinajstić information content (AvgIpc) is 2.24. The van der Waals surface area contributed by atoms with Gasteiger partial charge in [0, 0.05) is 20.0 Å². The summed E-state index contributed by atoms with van der Waals surface area (Å²) in [6, 6.07) is 0. The van der Waals surface area contributed by atoms with E-state index < -0.39 is 0 Å². The second-order valence-electron chi connectivity index (χ2n) is 3.85. The second-order valence-corrected chi connectivity index (χ2v) is 3.85. The van der Waals surface area contributed by atoms with Gasteiger partial charge in [0.1, 0.15) is 0 Å². The van der Waals surface area contributed by atoms with Gasteiger partial charge in [-0.2, -0.15) is 0 Å². The van der Waals surface area contributed by atoms with E-state index in [1.807, 2.05) is 18.0 Å². The molecule has 0 atom stereocenters. The Bertz CT molecular complexity index is 180. The lowest BCUT2D eigenvalue weighted by Gasteiger charge is -2.16. The summed E-state index contributed by atoms with van der Waals surface area (Å²) in [5, 5.41) is 0. The van der Waals surface area contributed by atoms with E-state index in [9.17, 15) is 4.79 Å². The average molecular weight is 212 g/mol. The first-order valence-corrected chi connectivity index (χ1v) is 5.77. The summed E-state index contributed by atoms with van der Waals surface area (Å²) in [4.78, 5) is 13.4. The fraction of sp³-hybridized carbons (Fsp3) is 0.750. The third-order valence-corrected chi connectivity index (χ3v) is 2.42. The minimum absolute atomic E-state index is 0.246. The Kier molecular flexibility index (Phi) is 9.18. The molecule has 0 spiro atoms. The molecule has 88 valence electrons. The van der Waals surface area contributed by atoms with Gasteiger partial charge in [-0.05, 0) is 32.2 Å². The van der Waals surface area contributed by atoms with Crippen LogP contribution in [0.5, 0.6) is 0 Å². The predicted molar refractivity (Wildman–Crippen MR) is 64.6 cm³/mol. The summed E-state index contributed by atoms with van der Waals surface area (Å²) < 4.78 is 0. The van der Waals surface area contributed by atoms with E-state index in [0.717, 1.165) is 45.2 Å². The van der Waals surface area contributed by atoms with Gasteiger partial charge in [0.25, 0.3) is 0 Å². The highest BCUT2D eigenvalue weighted by Gasteiger charge is 2.06. The lowest BCUT2D eigenvalue weighted by molar-refractivity contribution is -0.130. The number of amides is 1. The van der Waals surface area contributed by atoms with Crippen molar-refractivity contribution < 1.29 is 4.79 Å². The minimum Gasteiger partial charge on any atom is -0.346 e. The van der Waals surface area contributed by atoms with Gasteiger partial charge >= 0.3 is 0 Å². The van der Waals surface area contributed by atoms with Crippen LogP contribution in [0.3, 0.4) is 0 Å². The molecule has 15 heavy (non-hydrogen) atoms. The van der Waals surface area contributed by atoms with Gasteiger partial charge in [0.2, 0.25) is 5.91 Å². The Balaban J connectivity index is 3.46. The molecule has 1 amide bonds. The first kappa shape index (κ1) is 14.2. The van der Waals surface area contributed by atoms with E-state index in [0.29, 0.717) is 6.42 Å². The summed E-state index contributed by atoms with van der Waals surface area (Å²) >= 11 is 0. The Morgan fingerprint density at radius 1 is 1.33 bits per heavy atom. The molecule has 0 radical (unpaired) electrons. The molecule has 0 rings (SSSR count). The Morgan fingerprint density at radius 3 is 2.67 bits per heavy atom. The van der Waals surface area contributed by atoms with Crippen LogP contribution in [0.1, 0.15) is 38.5 Å². The molecule has 0 aliphatic rings. The molecular weight excluding hydrogens is 188 g/mol. The van der Waals surface area contributed by atoms with Gasteiger partial charge < -0.3 is 10.6 Å². The van der Waals surface area contributed by atoms with Crippen LogP contribution < -0.4 is 5.73 Å². The maximum Gasteiger partial charge on any atom is 0.222 e. The number of hydrogen-bond acceptors (Lipinski definition) is 2. The van der Waals surface area contributed by atoms with Crippen molar-refractivity contribution in [1.82, 2.24) is 4.90 Å². The zero-order valence-corrected chi connectivity index (χ0v) is 9.87. The lowest BCUT2D eigenvalue weighted by Crippen LogP contribution is -2.27. The van der Waals surface area contributed by atoms with Crippen molar-refractivity contribution in [2.24, 2.45) is 5.73 Å². The van der Waals surface area contributed by atoms with Gasteiger partial charge in [-0.25, -0.2) is 0 Å². The molecule has 0 aromatic heterocycles. The van der Waals surface area contributed by atoms with Crippen molar-refractivity contribution in [2.45, 2.75) is 38.5 Å². The van der Waals surface area contributed by atoms with Crippen LogP contribution in [-0.2, 0) is 4.79 Å². The first-order valence-electron chi connectivity index (χ1n) is 5.77. The Hall–Kier alpha value is -0.830. The van der Waals surface area contributed by atoms with Crippen LogP contribution in [-0.4, -0.2) is 30.9 Å². The van der Waals surface area contributed by atoms with Crippen LogP contribution in [0, 0.1) is 0 Å². The highest BCUT2D eigenvalue weighted by Crippen LogP contribution is 2.03. The number of nitrogens with zero attached hydrogens (tertiary/aromatic N) is 1. The number of nitrogens with two attached hydrogens (primary N) is 1. The van der Waals surface area contributed by atoms with Crippen LogP contribution in [0.2, 0.25) is 0 Å². The largest absolute Gasteiger partial charge is 0.346 e. The molecule has 0 saturated heterocycles. The van der Waals surface area contributed by atoms with Crippen molar-refractivity contribution in [1.29, 1.82) is 0 Å². The highest BCUT2D eigenvalue weighted by molar-refractivity contribution is 5.75. The van der Waals surface area contributed by atoms with Gasteiger partial charge in [-0.3, -0.25) is 4.79 Å². The van der Waals surface area contributed by atoms with Gasteiger partial charge in [0.15, 0.2) is 0 Å². The van der Waals surface area contributed by atoms with Crippen LogP contribution >= 0.6 is 0 Å². The smallest absolute Gasteiger partial charge is 0.222 e. The number of carbonyl (C=O) groups is 1. The Labute approximate surface area is 93.3 Å². The minimum atomic E-state index is 0.246. The summed E-state index contributed by atoms with van der Waals surface area (Å²) in [6.07, 6.45) is 7.57. The lowest BCUT2D eigenvalue weighted by atomic mass is 10.2. The standard InChI is InChI=1S/C12H24N2O/c1-3-4-8-11-14(2)12(15)9-6-5-7-10-13/h3H,1,4-11,13H2,2H3. The highest BCUT2D eigenvalue weighted by atomic mass is 16.2. The van der Waals surface area contributed by atoms with Crippen molar-refractivity contribution in [2.75, 3.05) is 20.1 Å². The molecule has 0 heterocycles. The topological polar surface area (TPSA) is 46.3 Å². The van der Waals surface area contributed by atoms with E-state index in [-0.39, 0.29) is 5.91 Å². The van der Waals surface area contributed by atoms with E-state index in [2.05, 4.69) is 6.58 Å². The molecular formula is C12H24N2O. The molecule has 0 bridgehead atoms. The summed E-state index contributed by atoms with van der Waals surface area (Å²) in [5.41, 5.74) is 5.38. The van der Waals surface area contributed by atoms with Crippen molar-refractivity contribution >= 4 is 5.91 Å². The molecule has 3 nitrogen and oxygen atoms in total. The van der Waals surface area contributed by atoms with Gasteiger partial charge in [-0.15, -0.1) is 6.58 Å². The normalized spacial score (nSPS) is 10.0. The molecule has 3 heteroatoms. The third-order valence-electron chi connectivity index (χ3n) is 2.42. The molecule has 0 aromatic carbocycles. The maximum absolute atomic E-state index is 11.6. The molecule has 0 unspecified atom stereocenters. The van der Waals surface area contributed by atoms with Crippen molar-refractivity contribution in [3.63, 3.8) is 0 Å². The quantitative estimate of drug-likeness (QED) is 0.469. The van der Waals surface area contributed by atoms with E-state index in [1.165, 1.54) is 0 Å². The fourth-order valence-corrected chi connectivity index (χ4v) is 1.39. The van der Waals surface area contributed by atoms with Crippen LogP contribution in [0.4, 0.5) is 0 Å². The fourth-order valence-electron chi connectivity index (χ4n) is 1.39. The number of hydrogen-bond donors (Lipinski definition) is 1.